The van der Waals surface area contributed by atoms with Gasteiger partial charge in [0.25, 0.3) is 0 Å². The summed E-state index contributed by atoms with van der Waals surface area (Å²) in [4.78, 5) is 9.95. The van der Waals surface area contributed by atoms with Crippen LogP contribution in [0, 0.1) is 5.92 Å². The Morgan fingerprint density at radius 1 is 1.60 bits per heavy atom. The van der Waals surface area contributed by atoms with Gasteiger partial charge in [0, 0.05) is 12.6 Å². The first-order chi connectivity index (χ1) is 4.72. The SMILES string of the molecule is CC(CCO)C(C)NC=O. The second-order valence-electron chi connectivity index (χ2n) is 2.56. The van der Waals surface area contributed by atoms with E-state index in [0.717, 1.165) is 6.42 Å². The molecular formula is C7H15NO2. The molecule has 0 aliphatic rings. The van der Waals surface area contributed by atoms with Gasteiger partial charge in [0.2, 0.25) is 6.41 Å². The first kappa shape index (κ1) is 9.43. The van der Waals surface area contributed by atoms with Crippen LogP contribution in [-0.2, 0) is 4.79 Å². The molecular weight excluding hydrogens is 130 g/mol. The molecule has 0 saturated heterocycles. The molecule has 0 saturated carbocycles. The fourth-order valence-corrected chi connectivity index (χ4v) is 0.725. The Morgan fingerprint density at radius 2 is 2.20 bits per heavy atom. The summed E-state index contributed by atoms with van der Waals surface area (Å²) in [5, 5.41) is 11.2. The minimum atomic E-state index is 0.157. The second-order valence-corrected chi connectivity index (χ2v) is 2.56. The molecule has 0 radical (unpaired) electrons. The number of rotatable bonds is 5. The fraction of sp³-hybridized carbons (Fsp3) is 0.857. The average Bonchev–Trinajstić information content (AvgIpc) is 1.89. The molecule has 2 N–H and O–H groups in total. The van der Waals surface area contributed by atoms with E-state index >= 15 is 0 Å². The third-order valence-electron chi connectivity index (χ3n) is 1.77. The Balaban J connectivity index is 3.47. The molecule has 0 spiro atoms. The zero-order valence-corrected chi connectivity index (χ0v) is 6.50. The van der Waals surface area contributed by atoms with Gasteiger partial charge in [0.1, 0.15) is 0 Å². The third-order valence-corrected chi connectivity index (χ3v) is 1.77. The van der Waals surface area contributed by atoms with Crippen LogP contribution in [0.1, 0.15) is 20.3 Å². The molecule has 0 heterocycles. The molecule has 1 amide bonds. The van der Waals surface area contributed by atoms with E-state index in [-0.39, 0.29) is 12.6 Å². The van der Waals surface area contributed by atoms with E-state index < -0.39 is 0 Å². The molecule has 0 aromatic carbocycles. The summed E-state index contributed by atoms with van der Waals surface area (Å²) in [6.07, 6.45) is 1.43. The Kier molecular flexibility index (Phi) is 4.94. The van der Waals surface area contributed by atoms with Crippen molar-refractivity contribution in [2.45, 2.75) is 26.3 Å². The lowest BCUT2D eigenvalue weighted by Gasteiger charge is -2.17. The molecule has 0 rings (SSSR count). The Morgan fingerprint density at radius 3 is 2.60 bits per heavy atom. The number of nitrogens with one attached hydrogen (secondary N) is 1. The largest absolute Gasteiger partial charge is 0.396 e. The van der Waals surface area contributed by atoms with Crippen LogP contribution < -0.4 is 5.32 Å². The summed E-state index contributed by atoms with van der Waals surface area (Å²) in [6, 6.07) is 0.157. The average molecular weight is 145 g/mol. The first-order valence-electron chi connectivity index (χ1n) is 3.53. The smallest absolute Gasteiger partial charge is 0.207 e. The Labute approximate surface area is 61.4 Å². The molecule has 2 atom stereocenters. The maximum atomic E-state index is 9.95. The lowest BCUT2D eigenvalue weighted by atomic mass is 10.0. The predicted molar refractivity (Wildman–Crippen MR) is 39.5 cm³/mol. The van der Waals surface area contributed by atoms with Gasteiger partial charge in [-0.25, -0.2) is 0 Å². The fourth-order valence-electron chi connectivity index (χ4n) is 0.725. The molecule has 10 heavy (non-hydrogen) atoms. The van der Waals surface area contributed by atoms with Crippen molar-refractivity contribution >= 4 is 6.41 Å². The summed E-state index contributed by atoms with van der Waals surface area (Å²) < 4.78 is 0. The normalized spacial score (nSPS) is 15.9. The summed E-state index contributed by atoms with van der Waals surface area (Å²) in [5.41, 5.74) is 0. The van der Waals surface area contributed by atoms with Crippen molar-refractivity contribution < 1.29 is 9.90 Å². The van der Waals surface area contributed by atoms with Crippen LogP contribution in [0.3, 0.4) is 0 Å². The first-order valence-corrected chi connectivity index (χ1v) is 3.53. The van der Waals surface area contributed by atoms with Crippen molar-refractivity contribution in [1.82, 2.24) is 5.32 Å². The van der Waals surface area contributed by atoms with Gasteiger partial charge in [0.05, 0.1) is 0 Å². The van der Waals surface area contributed by atoms with Gasteiger partial charge in [-0.1, -0.05) is 6.92 Å². The van der Waals surface area contributed by atoms with E-state index in [4.69, 9.17) is 5.11 Å². The lowest BCUT2D eigenvalue weighted by molar-refractivity contribution is -0.110. The van der Waals surface area contributed by atoms with Crippen LogP contribution >= 0.6 is 0 Å². The van der Waals surface area contributed by atoms with Gasteiger partial charge < -0.3 is 10.4 Å². The maximum Gasteiger partial charge on any atom is 0.207 e. The summed E-state index contributed by atoms with van der Waals surface area (Å²) >= 11 is 0. The minimum absolute atomic E-state index is 0.157. The van der Waals surface area contributed by atoms with Crippen LogP contribution in [0.2, 0.25) is 0 Å². The predicted octanol–water partition coefficient (Wildman–Crippen LogP) is 0.139. The van der Waals surface area contributed by atoms with Crippen molar-refractivity contribution in [3.05, 3.63) is 0 Å². The van der Waals surface area contributed by atoms with Crippen molar-refractivity contribution in [1.29, 1.82) is 0 Å². The van der Waals surface area contributed by atoms with E-state index in [0.29, 0.717) is 12.3 Å². The molecule has 0 aromatic heterocycles. The highest BCUT2D eigenvalue weighted by molar-refractivity contribution is 5.46. The van der Waals surface area contributed by atoms with Crippen LogP contribution in [0.15, 0.2) is 0 Å². The molecule has 0 bridgehead atoms. The molecule has 3 nitrogen and oxygen atoms in total. The van der Waals surface area contributed by atoms with Crippen LogP contribution in [-0.4, -0.2) is 24.2 Å². The number of carbonyl (C=O) groups excluding carboxylic acids is 1. The molecule has 2 unspecified atom stereocenters. The number of hydrogen-bond acceptors (Lipinski definition) is 2. The number of amides is 1. The van der Waals surface area contributed by atoms with Gasteiger partial charge in [-0.15, -0.1) is 0 Å². The van der Waals surface area contributed by atoms with Crippen molar-refractivity contribution in [2.75, 3.05) is 6.61 Å². The third kappa shape index (κ3) is 3.45. The zero-order valence-electron chi connectivity index (χ0n) is 6.50. The molecule has 3 heteroatoms. The van der Waals surface area contributed by atoms with E-state index in [1.54, 1.807) is 0 Å². The standard InChI is InChI=1S/C7H15NO2/c1-6(3-4-9)7(2)8-5-10/h5-7,9H,3-4H2,1-2H3,(H,8,10). The lowest BCUT2D eigenvalue weighted by Crippen LogP contribution is -2.31. The summed E-state index contributed by atoms with van der Waals surface area (Å²) in [7, 11) is 0. The number of aliphatic hydroxyl groups excluding tert-OH is 1. The van der Waals surface area contributed by atoms with Crippen molar-refractivity contribution in [3.63, 3.8) is 0 Å². The van der Waals surface area contributed by atoms with Crippen LogP contribution in [0.25, 0.3) is 0 Å². The number of hydrogen-bond donors (Lipinski definition) is 2. The van der Waals surface area contributed by atoms with Crippen molar-refractivity contribution in [2.24, 2.45) is 5.92 Å². The topological polar surface area (TPSA) is 49.3 Å². The highest BCUT2D eigenvalue weighted by Gasteiger charge is 2.08. The Hall–Kier alpha value is -0.570. The molecule has 60 valence electrons. The molecule has 0 aliphatic heterocycles. The van der Waals surface area contributed by atoms with E-state index in [2.05, 4.69) is 5.32 Å². The van der Waals surface area contributed by atoms with E-state index in [1.165, 1.54) is 0 Å². The summed E-state index contributed by atoms with van der Waals surface area (Å²) in [6.45, 7) is 4.11. The summed E-state index contributed by atoms with van der Waals surface area (Å²) in [5.74, 6) is 0.343. The number of carbonyl (C=O) groups is 1. The molecule has 0 aromatic rings. The number of aliphatic hydroxyl groups is 1. The quantitative estimate of drug-likeness (QED) is 0.541. The van der Waals surface area contributed by atoms with E-state index in [1.807, 2.05) is 13.8 Å². The van der Waals surface area contributed by atoms with E-state index in [9.17, 15) is 4.79 Å². The van der Waals surface area contributed by atoms with Gasteiger partial charge in [-0.05, 0) is 19.3 Å². The van der Waals surface area contributed by atoms with Gasteiger partial charge in [-0.3, -0.25) is 4.79 Å². The van der Waals surface area contributed by atoms with Crippen LogP contribution in [0.5, 0.6) is 0 Å². The zero-order chi connectivity index (χ0) is 7.98. The van der Waals surface area contributed by atoms with Gasteiger partial charge in [-0.2, -0.15) is 0 Å². The van der Waals surface area contributed by atoms with Crippen LogP contribution in [0.4, 0.5) is 0 Å². The molecule has 0 fully saturated rings. The maximum absolute atomic E-state index is 9.95. The highest BCUT2D eigenvalue weighted by atomic mass is 16.3. The minimum Gasteiger partial charge on any atom is -0.396 e. The Bertz CT molecular complexity index is 95.6. The molecule has 0 aliphatic carbocycles. The second kappa shape index (κ2) is 5.23. The monoisotopic (exact) mass is 145 g/mol. The van der Waals surface area contributed by atoms with Gasteiger partial charge in [0.15, 0.2) is 0 Å². The van der Waals surface area contributed by atoms with Gasteiger partial charge >= 0.3 is 0 Å². The van der Waals surface area contributed by atoms with Crippen molar-refractivity contribution in [3.8, 4) is 0 Å². The highest BCUT2D eigenvalue weighted by Crippen LogP contribution is 2.05.